The first-order valence-corrected chi connectivity index (χ1v) is 8.91. The average molecular weight is 330 g/mol. The van der Waals surface area contributed by atoms with Crippen LogP contribution in [0.3, 0.4) is 0 Å². The summed E-state index contributed by atoms with van der Waals surface area (Å²) in [5.74, 6) is 1.40. The summed E-state index contributed by atoms with van der Waals surface area (Å²) in [5, 5.41) is 3.12. The zero-order chi connectivity index (χ0) is 17.1. The lowest BCUT2D eigenvalue weighted by molar-refractivity contribution is -0.125. The third kappa shape index (κ3) is 3.71. The minimum Gasteiger partial charge on any atom is -0.479 e. The number of rotatable bonds is 4. The van der Waals surface area contributed by atoms with Crippen molar-refractivity contribution in [2.45, 2.75) is 58.1 Å². The predicted molar refractivity (Wildman–Crippen MR) is 93.1 cm³/mol. The molecule has 1 atom stereocenters. The molecule has 1 N–H and O–H groups in total. The van der Waals surface area contributed by atoms with Crippen LogP contribution < -0.4 is 15.0 Å². The van der Waals surface area contributed by atoms with Crippen molar-refractivity contribution in [3.05, 3.63) is 24.3 Å². The lowest BCUT2D eigenvalue weighted by Gasteiger charge is -2.33. The van der Waals surface area contributed by atoms with Gasteiger partial charge in [-0.05, 0) is 50.7 Å². The summed E-state index contributed by atoms with van der Waals surface area (Å²) in [6, 6.07) is 7.77. The van der Waals surface area contributed by atoms with Crippen LogP contribution in [0.25, 0.3) is 0 Å². The molecule has 1 heterocycles. The molecule has 0 aromatic heterocycles. The molecule has 1 unspecified atom stereocenters. The first kappa shape index (κ1) is 16.8. The molecule has 1 fully saturated rings. The SMILES string of the molecule is CC1CCC(NC(=O)CCN2C(=O)C(C)Oc3ccccc32)CC1. The number of para-hydroxylation sites is 2. The number of nitrogens with one attached hydrogen (secondary N) is 1. The highest BCUT2D eigenvalue weighted by Crippen LogP contribution is 2.33. The van der Waals surface area contributed by atoms with Crippen molar-refractivity contribution in [3.8, 4) is 5.75 Å². The Morgan fingerprint density at radius 2 is 1.92 bits per heavy atom. The first-order chi connectivity index (χ1) is 11.5. The number of hydrogen-bond acceptors (Lipinski definition) is 3. The molecule has 0 radical (unpaired) electrons. The highest BCUT2D eigenvalue weighted by atomic mass is 16.5. The van der Waals surface area contributed by atoms with E-state index >= 15 is 0 Å². The van der Waals surface area contributed by atoms with E-state index in [0.717, 1.165) is 24.4 Å². The number of amides is 2. The van der Waals surface area contributed by atoms with Gasteiger partial charge in [-0.25, -0.2) is 0 Å². The maximum atomic E-state index is 12.4. The summed E-state index contributed by atoms with van der Waals surface area (Å²) >= 11 is 0. The van der Waals surface area contributed by atoms with Crippen molar-refractivity contribution in [2.24, 2.45) is 5.92 Å². The normalized spacial score (nSPS) is 26.5. The molecule has 1 aromatic carbocycles. The summed E-state index contributed by atoms with van der Waals surface area (Å²) in [7, 11) is 0. The van der Waals surface area contributed by atoms with E-state index in [9.17, 15) is 9.59 Å². The van der Waals surface area contributed by atoms with Gasteiger partial charge in [0.1, 0.15) is 5.75 Å². The average Bonchev–Trinajstić information content (AvgIpc) is 2.57. The summed E-state index contributed by atoms with van der Waals surface area (Å²) in [5.41, 5.74) is 0.750. The van der Waals surface area contributed by atoms with Crippen LogP contribution in [0.5, 0.6) is 5.75 Å². The third-order valence-corrected chi connectivity index (χ3v) is 5.02. The molecular weight excluding hydrogens is 304 g/mol. The van der Waals surface area contributed by atoms with Gasteiger partial charge < -0.3 is 15.0 Å². The molecule has 1 aliphatic carbocycles. The van der Waals surface area contributed by atoms with Crippen molar-refractivity contribution < 1.29 is 14.3 Å². The standard InChI is InChI=1S/C19H26N2O3/c1-13-7-9-15(10-8-13)20-18(22)11-12-21-16-5-3-4-6-17(16)24-14(2)19(21)23/h3-6,13-15H,7-12H2,1-2H3,(H,20,22). The zero-order valence-corrected chi connectivity index (χ0v) is 14.5. The summed E-state index contributed by atoms with van der Waals surface area (Å²) < 4.78 is 5.62. The van der Waals surface area contributed by atoms with E-state index in [1.54, 1.807) is 11.8 Å². The van der Waals surface area contributed by atoms with Gasteiger partial charge in [-0.2, -0.15) is 0 Å². The van der Waals surface area contributed by atoms with Crippen LogP contribution in [0.1, 0.15) is 46.0 Å². The van der Waals surface area contributed by atoms with Crippen LogP contribution in [0.15, 0.2) is 24.3 Å². The fourth-order valence-electron chi connectivity index (χ4n) is 3.51. The molecule has 130 valence electrons. The molecule has 5 nitrogen and oxygen atoms in total. The number of carbonyl (C=O) groups excluding carboxylic acids is 2. The fraction of sp³-hybridized carbons (Fsp3) is 0.579. The Labute approximate surface area is 143 Å². The van der Waals surface area contributed by atoms with Gasteiger partial charge in [0.15, 0.2) is 6.10 Å². The van der Waals surface area contributed by atoms with Crippen LogP contribution in [0.2, 0.25) is 0 Å². The molecule has 0 saturated heterocycles. The highest BCUT2D eigenvalue weighted by Gasteiger charge is 2.31. The number of nitrogens with zero attached hydrogens (tertiary/aromatic N) is 1. The van der Waals surface area contributed by atoms with Crippen molar-refractivity contribution in [1.29, 1.82) is 0 Å². The van der Waals surface area contributed by atoms with E-state index in [0.29, 0.717) is 24.8 Å². The van der Waals surface area contributed by atoms with Gasteiger partial charge in [0, 0.05) is 19.0 Å². The molecule has 24 heavy (non-hydrogen) atoms. The van der Waals surface area contributed by atoms with Crippen molar-refractivity contribution in [2.75, 3.05) is 11.4 Å². The maximum Gasteiger partial charge on any atom is 0.267 e. The molecule has 3 rings (SSSR count). The molecular formula is C19H26N2O3. The molecule has 2 aliphatic rings. The predicted octanol–water partition coefficient (Wildman–Crippen LogP) is 2.89. The van der Waals surface area contributed by atoms with E-state index in [-0.39, 0.29) is 11.8 Å². The van der Waals surface area contributed by atoms with Gasteiger partial charge >= 0.3 is 0 Å². The van der Waals surface area contributed by atoms with Crippen molar-refractivity contribution >= 4 is 17.5 Å². The number of anilines is 1. The Kier molecular flexibility index (Phi) is 5.07. The second kappa shape index (κ2) is 7.24. The van der Waals surface area contributed by atoms with Gasteiger partial charge in [-0.3, -0.25) is 9.59 Å². The van der Waals surface area contributed by atoms with E-state index < -0.39 is 6.10 Å². The molecule has 0 bridgehead atoms. The molecule has 1 aliphatic heterocycles. The number of fused-ring (bicyclic) bond motifs is 1. The van der Waals surface area contributed by atoms with Crippen molar-refractivity contribution in [1.82, 2.24) is 5.32 Å². The maximum absolute atomic E-state index is 12.4. The van der Waals surface area contributed by atoms with Crippen LogP contribution in [0.4, 0.5) is 5.69 Å². The Morgan fingerprint density at radius 1 is 1.21 bits per heavy atom. The molecule has 2 amide bonds. The zero-order valence-electron chi connectivity index (χ0n) is 14.5. The van der Waals surface area contributed by atoms with E-state index in [2.05, 4.69) is 12.2 Å². The Hall–Kier alpha value is -2.04. The van der Waals surface area contributed by atoms with Gasteiger partial charge in [0.2, 0.25) is 5.91 Å². The van der Waals surface area contributed by atoms with Crippen LogP contribution in [-0.4, -0.2) is 30.5 Å². The number of hydrogen-bond donors (Lipinski definition) is 1. The second-order valence-electron chi connectivity index (χ2n) is 6.99. The van der Waals surface area contributed by atoms with Crippen LogP contribution in [-0.2, 0) is 9.59 Å². The molecule has 1 aromatic rings. The first-order valence-electron chi connectivity index (χ1n) is 8.91. The van der Waals surface area contributed by atoms with E-state index in [1.807, 2.05) is 24.3 Å². The van der Waals surface area contributed by atoms with E-state index in [4.69, 9.17) is 4.74 Å². The monoisotopic (exact) mass is 330 g/mol. The lowest BCUT2D eigenvalue weighted by atomic mass is 9.87. The smallest absolute Gasteiger partial charge is 0.267 e. The molecule has 1 saturated carbocycles. The molecule has 5 heteroatoms. The van der Waals surface area contributed by atoms with Gasteiger partial charge in [0.05, 0.1) is 5.69 Å². The Bertz CT molecular complexity index is 608. The fourth-order valence-corrected chi connectivity index (χ4v) is 3.51. The highest BCUT2D eigenvalue weighted by molar-refractivity contribution is 6.00. The van der Waals surface area contributed by atoms with Crippen LogP contribution in [0, 0.1) is 5.92 Å². The number of carbonyl (C=O) groups is 2. The van der Waals surface area contributed by atoms with Crippen LogP contribution >= 0.6 is 0 Å². The summed E-state index contributed by atoms with van der Waals surface area (Å²) in [6.07, 6.45) is 4.28. The Morgan fingerprint density at radius 3 is 2.67 bits per heavy atom. The molecule has 0 spiro atoms. The minimum atomic E-state index is -0.511. The van der Waals surface area contributed by atoms with Gasteiger partial charge in [-0.1, -0.05) is 19.1 Å². The quantitative estimate of drug-likeness (QED) is 0.923. The lowest BCUT2D eigenvalue weighted by Crippen LogP contribution is -2.46. The van der Waals surface area contributed by atoms with E-state index in [1.165, 1.54) is 12.8 Å². The number of ether oxygens (including phenoxy) is 1. The topological polar surface area (TPSA) is 58.6 Å². The van der Waals surface area contributed by atoms with Crippen molar-refractivity contribution in [3.63, 3.8) is 0 Å². The van der Waals surface area contributed by atoms with Gasteiger partial charge in [0.25, 0.3) is 5.91 Å². The largest absolute Gasteiger partial charge is 0.479 e. The third-order valence-electron chi connectivity index (χ3n) is 5.02. The Balaban J connectivity index is 1.57. The summed E-state index contributed by atoms with van der Waals surface area (Å²) in [4.78, 5) is 26.3. The number of benzene rings is 1. The van der Waals surface area contributed by atoms with Gasteiger partial charge in [-0.15, -0.1) is 0 Å². The minimum absolute atomic E-state index is 0.0268. The second-order valence-corrected chi connectivity index (χ2v) is 6.99. The summed E-state index contributed by atoms with van der Waals surface area (Å²) in [6.45, 7) is 4.40.